The summed E-state index contributed by atoms with van der Waals surface area (Å²) in [5.41, 5.74) is 3.28. The van der Waals surface area contributed by atoms with Crippen LogP contribution < -0.4 is 5.32 Å². The van der Waals surface area contributed by atoms with Gasteiger partial charge in [0, 0.05) is 13.6 Å². The first-order valence-corrected chi connectivity index (χ1v) is 8.70. The van der Waals surface area contributed by atoms with Crippen molar-refractivity contribution in [3.05, 3.63) is 47.9 Å². The number of carbonyl (C=O) groups excluding carboxylic acids is 1. The van der Waals surface area contributed by atoms with Gasteiger partial charge in [-0.15, -0.1) is 0 Å². The summed E-state index contributed by atoms with van der Waals surface area (Å²) in [7, 11) is 1.84. The summed E-state index contributed by atoms with van der Waals surface area (Å²) in [6, 6.07) is 8.22. The van der Waals surface area contributed by atoms with Crippen LogP contribution in [-0.2, 0) is 18.3 Å². The molecule has 1 amide bonds. The largest absolute Gasteiger partial charge is 0.355 e. The molecule has 0 aliphatic heterocycles. The van der Waals surface area contributed by atoms with Gasteiger partial charge in [-0.25, -0.2) is 9.97 Å². The van der Waals surface area contributed by atoms with E-state index in [9.17, 15) is 4.79 Å². The van der Waals surface area contributed by atoms with E-state index in [0.29, 0.717) is 12.3 Å². The highest BCUT2D eigenvalue weighted by atomic mass is 32.2. The number of thioether (sulfide) groups is 1. The molecule has 3 aromatic rings. The van der Waals surface area contributed by atoms with Crippen molar-refractivity contribution >= 4 is 28.7 Å². The van der Waals surface area contributed by atoms with Crippen molar-refractivity contribution in [2.75, 3.05) is 12.3 Å². The molecule has 0 unspecified atom stereocenters. The van der Waals surface area contributed by atoms with Gasteiger partial charge in [0.1, 0.15) is 11.4 Å². The van der Waals surface area contributed by atoms with Crippen LogP contribution in [0.4, 0.5) is 0 Å². The molecule has 0 saturated carbocycles. The molecule has 0 fully saturated rings. The van der Waals surface area contributed by atoms with Crippen LogP contribution >= 0.6 is 11.8 Å². The summed E-state index contributed by atoms with van der Waals surface area (Å²) in [5, 5.41) is 8.79. The van der Waals surface area contributed by atoms with Gasteiger partial charge in [-0.05, 0) is 24.5 Å². The monoisotopic (exact) mass is 341 g/mol. The molecule has 0 aliphatic carbocycles. The molecule has 124 valence electrons. The number of nitrogens with one attached hydrogen (secondary N) is 1. The van der Waals surface area contributed by atoms with Crippen molar-refractivity contribution in [3.8, 4) is 0 Å². The van der Waals surface area contributed by atoms with E-state index in [1.807, 2.05) is 19.2 Å². The van der Waals surface area contributed by atoms with Crippen molar-refractivity contribution in [2.24, 2.45) is 7.05 Å². The Bertz CT molecular complexity index is 861. The molecule has 0 aliphatic rings. The number of hydrogen-bond donors (Lipinski definition) is 1. The number of carbonyl (C=O) groups is 1. The van der Waals surface area contributed by atoms with Gasteiger partial charge in [-0.2, -0.15) is 5.10 Å². The normalized spacial score (nSPS) is 10.9. The van der Waals surface area contributed by atoms with Crippen LogP contribution in [0.25, 0.3) is 11.0 Å². The Morgan fingerprint density at radius 2 is 2.12 bits per heavy atom. The topological polar surface area (TPSA) is 72.7 Å². The molecule has 3 rings (SSSR count). The maximum Gasteiger partial charge on any atom is 0.230 e. The van der Waals surface area contributed by atoms with Gasteiger partial charge in [0.2, 0.25) is 5.91 Å². The molecule has 24 heavy (non-hydrogen) atoms. The minimum Gasteiger partial charge on any atom is -0.355 e. The zero-order valence-corrected chi connectivity index (χ0v) is 14.5. The van der Waals surface area contributed by atoms with Crippen molar-refractivity contribution in [2.45, 2.75) is 18.4 Å². The van der Waals surface area contributed by atoms with Gasteiger partial charge >= 0.3 is 0 Å². The summed E-state index contributed by atoms with van der Waals surface area (Å²) in [5.74, 6) is 0.332. The van der Waals surface area contributed by atoms with Crippen LogP contribution in [0.5, 0.6) is 0 Å². The highest BCUT2D eigenvalue weighted by molar-refractivity contribution is 8.00. The number of amides is 1. The average molecular weight is 341 g/mol. The van der Waals surface area contributed by atoms with E-state index >= 15 is 0 Å². The Morgan fingerprint density at radius 1 is 1.29 bits per heavy atom. The highest BCUT2D eigenvalue weighted by Crippen LogP contribution is 2.23. The van der Waals surface area contributed by atoms with E-state index in [1.165, 1.54) is 29.2 Å². The number of rotatable bonds is 6. The standard InChI is InChI=1S/C17H19N5OS/c1-12-5-3-4-6-13(12)7-8-18-15(23)10-24-17-14-9-21-22(2)16(14)19-11-20-17/h3-6,9,11H,7-8,10H2,1-2H3,(H,18,23). The Balaban J connectivity index is 1.51. The molecule has 0 radical (unpaired) electrons. The first-order chi connectivity index (χ1) is 11.6. The predicted octanol–water partition coefficient (Wildman–Crippen LogP) is 2.12. The van der Waals surface area contributed by atoms with E-state index in [2.05, 4.69) is 39.4 Å². The van der Waals surface area contributed by atoms with Gasteiger partial charge in [0.15, 0.2) is 5.65 Å². The molecule has 0 bridgehead atoms. The Labute approximate surface area is 144 Å². The quantitative estimate of drug-likeness (QED) is 0.549. The molecule has 0 atom stereocenters. The molecular formula is C17H19N5OS. The van der Waals surface area contributed by atoms with Gasteiger partial charge in [-0.3, -0.25) is 9.48 Å². The zero-order valence-electron chi connectivity index (χ0n) is 13.7. The van der Waals surface area contributed by atoms with Crippen molar-refractivity contribution in [3.63, 3.8) is 0 Å². The number of nitrogens with zero attached hydrogens (tertiary/aromatic N) is 4. The molecular weight excluding hydrogens is 322 g/mol. The third kappa shape index (κ3) is 3.73. The smallest absolute Gasteiger partial charge is 0.230 e. The molecule has 6 nitrogen and oxygen atoms in total. The number of fused-ring (bicyclic) bond motifs is 1. The van der Waals surface area contributed by atoms with Crippen molar-refractivity contribution in [1.29, 1.82) is 0 Å². The van der Waals surface area contributed by atoms with Crippen LogP contribution in [0.2, 0.25) is 0 Å². The van der Waals surface area contributed by atoms with Crippen molar-refractivity contribution < 1.29 is 4.79 Å². The first kappa shape index (κ1) is 16.4. The summed E-state index contributed by atoms with van der Waals surface area (Å²) >= 11 is 1.40. The SMILES string of the molecule is Cc1ccccc1CCNC(=O)CSc1ncnc2c1cnn2C. The molecule has 2 heterocycles. The maximum absolute atomic E-state index is 12.0. The fourth-order valence-corrected chi connectivity index (χ4v) is 3.26. The van der Waals surface area contributed by atoms with Crippen LogP contribution in [0.3, 0.4) is 0 Å². The fraction of sp³-hybridized carbons (Fsp3) is 0.294. The van der Waals surface area contributed by atoms with E-state index in [1.54, 1.807) is 10.9 Å². The minimum atomic E-state index is 0.00392. The van der Waals surface area contributed by atoms with Crippen LogP contribution in [0, 0.1) is 6.92 Å². The second-order valence-corrected chi connectivity index (χ2v) is 6.46. The summed E-state index contributed by atoms with van der Waals surface area (Å²) in [6.45, 7) is 2.72. The lowest BCUT2D eigenvalue weighted by atomic mass is 10.1. The van der Waals surface area contributed by atoms with Crippen LogP contribution in [0.15, 0.2) is 41.8 Å². The summed E-state index contributed by atoms with van der Waals surface area (Å²) < 4.78 is 1.70. The Hall–Kier alpha value is -2.41. The van der Waals surface area contributed by atoms with E-state index in [0.717, 1.165) is 22.5 Å². The third-order valence-corrected chi connectivity index (χ3v) is 4.82. The van der Waals surface area contributed by atoms with Gasteiger partial charge in [0.25, 0.3) is 0 Å². The number of aromatic nitrogens is 4. The van der Waals surface area contributed by atoms with Gasteiger partial charge in [-0.1, -0.05) is 36.0 Å². The minimum absolute atomic E-state index is 0.00392. The Kier molecular flexibility index (Phi) is 5.10. The summed E-state index contributed by atoms with van der Waals surface area (Å²) in [4.78, 5) is 20.5. The van der Waals surface area contributed by atoms with Crippen LogP contribution in [0.1, 0.15) is 11.1 Å². The highest BCUT2D eigenvalue weighted by Gasteiger charge is 2.10. The molecule has 2 aromatic heterocycles. The van der Waals surface area contributed by atoms with Crippen LogP contribution in [-0.4, -0.2) is 38.0 Å². The third-order valence-electron chi connectivity index (χ3n) is 3.81. The molecule has 0 spiro atoms. The fourth-order valence-electron chi connectivity index (χ4n) is 2.47. The first-order valence-electron chi connectivity index (χ1n) is 7.72. The number of hydrogen-bond acceptors (Lipinski definition) is 5. The van der Waals surface area contributed by atoms with Crippen molar-refractivity contribution in [1.82, 2.24) is 25.1 Å². The average Bonchev–Trinajstić information content (AvgIpc) is 2.97. The lowest BCUT2D eigenvalue weighted by Crippen LogP contribution is -2.27. The Morgan fingerprint density at radius 3 is 2.96 bits per heavy atom. The van der Waals surface area contributed by atoms with Gasteiger partial charge in [0.05, 0.1) is 17.3 Å². The number of benzene rings is 1. The van der Waals surface area contributed by atoms with E-state index < -0.39 is 0 Å². The van der Waals surface area contributed by atoms with E-state index in [4.69, 9.17) is 0 Å². The second kappa shape index (κ2) is 7.44. The summed E-state index contributed by atoms with van der Waals surface area (Å²) in [6.07, 6.45) is 4.07. The lowest BCUT2D eigenvalue weighted by Gasteiger charge is -2.07. The molecule has 1 N–H and O–H groups in total. The van der Waals surface area contributed by atoms with E-state index in [-0.39, 0.29) is 5.91 Å². The van der Waals surface area contributed by atoms with Gasteiger partial charge < -0.3 is 5.32 Å². The predicted molar refractivity (Wildman–Crippen MR) is 94.9 cm³/mol. The molecule has 7 heteroatoms. The molecule has 0 saturated heterocycles. The number of aryl methyl sites for hydroxylation is 2. The molecule has 1 aromatic carbocycles. The zero-order chi connectivity index (χ0) is 16.9. The second-order valence-electron chi connectivity index (χ2n) is 5.50. The maximum atomic E-state index is 12.0. The lowest BCUT2D eigenvalue weighted by molar-refractivity contribution is -0.118.